The van der Waals surface area contributed by atoms with Crippen molar-refractivity contribution in [3.05, 3.63) is 47.0 Å². The third-order valence-electron chi connectivity index (χ3n) is 2.83. The zero-order valence-corrected chi connectivity index (χ0v) is 11.1. The van der Waals surface area contributed by atoms with Crippen molar-refractivity contribution in [2.45, 2.75) is 13.5 Å². The number of amides is 2. The SMILES string of the molecule is Cc1[nH]ncc1CNC(=O)Nc1cc(F)ccc1C(=O)O. The molecule has 8 heteroatoms. The minimum atomic E-state index is -1.25. The highest BCUT2D eigenvalue weighted by molar-refractivity contribution is 5.99. The number of aromatic nitrogens is 2. The standard InChI is InChI=1S/C13H13FN4O3/c1-7-8(6-16-18-7)5-15-13(21)17-11-4-9(14)2-3-10(11)12(19)20/h2-4,6H,5H2,1H3,(H,16,18)(H,19,20)(H2,15,17,21). The number of hydrogen-bond acceptors (Lipinski definition) is 3. The van der Waals surface area contributed by atoms with E-state index >= 15 is 0 Å². The van der Waals surface area contributed by atoms with Gasteiger partial charge < -0.3 is 15.7 Å². The summed E-state index contributed by atoms with van der Waals surface area (Å²) in [5, 5.41) is 20.4. The monoisotopic (exact) mass is 292 g/mol. The van der Waals surface area contributed by atoms with Gasteiger partial charge in [-0.1, -0.05) is 0 Å². The molecule has 0 unspecified atom stereocenters. The van der Waals surface area contributed by atoms with Gasteiger partial charge in [0.2, 0.25) is 0 Å². The third-order valence-corrected chi connectivity index (χ3v) is 2.83. The second kappa shape index (κ2) is 6.04. The fourth-order valence-electron chi connectivity index (χ4n) is 1.70. The first-order chi connectivity index (χ1) is 9.97. The largest absolute Gasteiger partial charge is 0.478 e. The normalized spacial score (nSPS) is 10.2. The fourth-order valence-corrected chi connectivity index (χ4v) is 1.70. The molecule has 21 heavy (non-hydrogen) atoms. The van der Waals surface area contributed by atoms with Crippen molar-refractivity contribution in [3.63, 3.8) is 0 Å². The van der Waals surface area contributed by atoms with Gasteiger partial charge in [-0.3, -0.25) is 5.10 Å². The summed E-state index contributed by atoms with van der Waals surface area (Å²) >= 11 is 0. The summed E-state index contributed by atoms with van der Waals surface area (Å²) in [6.07, 6.45) is 1.57. The molecule has 0 aliphatic rings. The van der Waals surface area contributed by atoms with Gasteiger partial charge >= 0.3 is 12.0 Å². The van der Waals surface area contributed by atoms with Crippen molar-refractivity contribution in [2.24, 2.45) is 0 Å². The maximum absolute atomic E-state index is 13.1. The van der Waals surface area contributed by atoms with Crippen LogP contribution in [0.25, 0.3) is 0 Å². The van der Waals surface area contributed by atoms with Crippen LogP contribution in [0.4, 0.5) is 14.9 Å². The molecule has 0 spiro atoms. The average molecular weight is 292 g/mol. The molecule has 1 heterocycles. The number of aromatic amines is 1. The number of nitrogens with zero attached hydrogens (tertiary/aromatic N) is 1. The lowest BCUT2D eigenvalue weighted by Gasteiger charge is -2.09. The number of carbonyl (C=O) groups is 2. The summed E-state index contributed by atoms with van der Waals surface area (Å²) < 4.78 is 13.1. The molecule has 0 saturated carbocycles. The van der Waals surface area contributed by atoms with Gasteiger partial charge in [0.1, 0.15) is 5.82 Å². The summed E-state index contributed by atoms with van der Waals surface area (Å²) in [5.41, 5.74) is 1.31. The maximum Gasteiger partial charge on any atom is 0.337 e. The van der Waals surface area contributed by atoms with Crippen molar-refractivity contribution in [1.29, 1.82) is 0 Å². The lowest BCUT2D eigenvalue weighted by Crippen LogP contribution is -2.29. The molecule has 0 fully saturated rings. The fraction of sp³-hybridized carbons (Fsp3) is 0.154. The van der Waals surface area contributed by atoms with Gasteiger partial charge in [-0.2, -0.15) is 5.10 Å². The molecule has 1 aromatic carbocycles. The van der Waals surface area contributed by atoms with E-state index in [-0.39, 0.29) is 17.8 Å². The minimum Gasteiger partial charge on any atom is -0.478 e. The number of aryl methyl sites for hydroxylation is 1. The Bertz CT molecular complexity index is 684. The molecular weight excluding hydrogens is 279 g/mol. The molecule has 0 aliphatic heterocycles. The van der Waals surface area contributed by atoms with Crippen molar-refractivity contribution >= 4 is 17.7 Å². The third kappa shape index (κ3) is 3.56. The molecular formula is C13H13FN4O3. The number of carboxylic acids is 1. The predicted molar refractivity (Wildman–Crippen MR) is 72.5 cm³/mol. The Labute approximate surface area is 119 Å². The number of aromatic carboxylic acids is 1. The zero-order chi connectivity index (χ0) is 15.4. The number of benzene rings is 1. The molecule has 0 aliphatic carbocycles. The van der Waals surface area contributed by atoms with Crippen molar-refractivity contribution in [3.8, 4) is 0 Å². The number of urea groups is 1. The number of carbonyl (C=O) groups excluding carboxylic acids is 1. The topological polar surface area (TPSA) is 107 Å². The van der Waals surface area contributed by atoms with Gasteiger partial charge in [0, 0.05) is 17.8 Å². The van der Waals surface area contributed by atoms with Crippen LogP contribution in [0, 0.1) is 12.7 Å². The van der Waals surface area contributed by atoms with Crippen LogP contribution >= 0.6 is 0 Å². The number of H-pyrrole nitrogens is 1. The van der Waals surface area contributed by atoms with E-state index in [9.17, 15) is 14.0 Å². The van der Waals surface area contributed by atoms with E-state index in [1.54, 1.807) is 13.1 Å². The number of nitrogens with one attached hydrogen (secondary N) is 3. The second-order valence-corrected chi connectivity index (χ2v) is 4.32. The predicted octanol–water partition coefficient (Wildman–Crippen LogP) is 1.88. The first-order valence-corrected chi connectivity index (χ1v) is 6.04. The quantitative estimate of drug-likeness (QED) is 0.690. The van der Waals surface area contributed by atoms with E-state index in [0.29, 0.717) is 0 Å². The Morgan fingerprint density at radius 2 is 2.19 bits per heavy atom. The Balaban J connectivity index is 2.04. The van der Waals surface area contributed by atoms with E-state index < -0.39 is 17.8 Å². The zero-order valence-electron chi connectivity index (χ0n) is 11.1. The van der Waals surface area contributed by atoms with Gasteiger partial charge in [-0.05, 0) is 25.1 Å². The van der Waals surface area contributed by atoms with Gasteiger partial charge in [0.25, 0.3) is 0 Å². The molecule has 2 rings (SSSR count). The molecule has 0 radical (unpaired) electrons. The minimum absolute atomic E-state index is 0.107. The molecule has 7 nitrogen and oxygen atoms in total. The molecule has 2 amide bonds. The average Bonchev–Trinajstić information content (AvgIpc) is 2.81. The summed E-state index contributed by atoms with van der Waals surface area (Å²) in [7, 11) is 0. The lowest BCUT2D eigenvalue weighted by molar-refractivity contribution is 0.0698. The van der Waals surface area contributed by atoms with E-state index in [1.165, 1.54) is 0 Å². The molecule has 0 saturated heterocycles. The van der Waals surface area contributed by atoms with Crippen LogP contribution in [-0.4, -0.2) is 27.3 Å². The molecule has 2 aromatic rings. The van der Waals surface area contributed by atoms with Crippen LogP contribution in [0.3, 0.4) is 0 Å². The number of hydrogen-bond donors (Lipinski definition) is 4. The summed E-state index contributed by atoms with van der Waals surface area (Å²) in [6, 6.07) is 2.42. The molecule has 4 N–H and O–H groups in total. The second-order valence-electron chi connectivity index (χ2n) is 4.32. The molecule has 0 bridgehead atoms. The molecule has 110 valence electrons. The van der Waals surface area contributed by atoms with E-state index in [0.717, 1.165) is 29.5 Å². The van der Waals surface area contributed by atoms with Gasteiger partial charge in [0.05, 0.1) is 17.4 Å². The summed E-state index contributed by atoms with van der Waals surface area (Å²) in [6.45, 7) is 2.02. The smallest absolute Gasteiger partial charge is 0.337 e. The highest BCUT2D eigenvalue weighted by Gasteiger charge is 2.13. The highest BCUT2D eigenvalue weighted by atomic mass is 19.1. The van der Waals surface area contributed by atoms with E-state index in [1.807, 2.05) is 0 Å². The van der Waals surface area contributed by atoms with Crippen LogP contribution in [0.1, 0.15) is 21.6 Å². The lowest BCUT2D eigenvalue weighted by atomic mass is 10.2. The van der Waals surface area contributed by atoms with Gasteiger partial charge in [-0.25, -0.2) is 14.0 Å². The maximum atomic E-state index is 13.1. The number of carboxylic acid groups (broad SMARTS) is 1. The summed E-state index contributed by atoms with van der Waals surface area (Å²) in [5.74, 6) is -1.89. The highest BCUT2D eigenvalue weighted by Crippen LogP contribution is 2.17. The van der Waals surface area contributed by atoms with Gasteiger partial charge in [0.15, 0.2) is 0 Å². The number of halogens is 1. The summed E-state index contributed by atoms with van der Waals surface area (Å²) in [4.78, 5) is 22.7. The van der Waals surface area contributed by atoms with Crippen LogP contribution in [-0.2, 0) is 6.54 Å². The molecule has 1 aromatic heterocycles. The van der Waals surface area contributed by atoms with Crippen LogP contribution in [0.5, 0.6) is 0 Å². The van der Waals surface area contributed by atoms with Crippen molar-refractivity contribution in [1.82, 2.24) is 15.5 Å². The Kier molecular flexibility index (Phi) is 4.17. The van der Waals surface area contributed by atoms with Crippen molar-refractivity contribution < 1.29 is 19.1 Å². The van der Waals surface area contributed by atoms with Crippen LogP contribution < -0.4 is 10.6 Å². The Morgan fingerprint density at radius 3 is 2.81 bits per heavy atom. The number of anilines is 1. The Hall–Kier alpha value is -2.90. The van der Waals surface area contributed by atoms with E-state index in [2.05, 4.69) is 20.8 Å². The molecule has 0 atom stereocenters. The number of rotatable bonds is 4. The Morgan fingerprint density at radius 1 is 1.43 bits per heavy atom. The first kappa shape index (κ1) is 14.5. The first-order valence-electron chi connectivity index (χ1n) is 6.04. The van der Waals surface area contributed by atoms with Gasteiger partial charge in [-0.15, -0.1) is 0 Å². The van der Waals surface area contributed by atoms with Crippen LogP contribution in [0.15, 0.2) is 24.4 Å². The van der Waals surface area contributed by atoms with E-state index in [4.69, 9.17) is 5.11 Å². The van der Waals surface area contributed by atoms with Crippen LogP contribution in [0.2, 0.25) is 0 Å². The van der Waals surface area contributed by atoms with Crippen molar-refractivity contribution in [2.75, 3.05) is 5.32 Å².